The number of phenols is 1. The molecule has 1 aromatic heterocycles. The molecule has 4 aromatic rings. The number of fused-ring (bicyclic) bond motifs is 2. The molecule has 4 nitrogen and oxygen atoms in total. The van der Waals surface area contributed by atoms with Gasteiger partial charge in [0.05, 0.1) is 5.02 Å². The van der Waals surface area contributed by atoms with Gasteiger partial charge in [-0.3, -0.25) is 4.90 Å². The lowest BCUT2D eigenvalue weighted by molar-refractivity contribution is 0.220. The number of anilines is 1. The van der Waals surface area contributed by atoms with Gasteiger partial charge in [0.25, 0.3) is 0 Å². The monoisotopic (exact) mass is 481 g/mol. The van der Waals surface area contributed by atoms with Gasteiger partial charge in [0, 0.05) is 42.7 Å². The zero-order chi connectivity index (χ0) is 23.3. The van der Waals surface area contributed by atoms with E-state index in [0.717, 1.165) is 40.8 Å². The van der Waals surface area contributed by atoms with Crippen molar-refractivity contribution in [1.29, 1.82) is 0 Å². The van der Waals surface area contributed by atoms with Crippen molar-refractivity contribution in [2.45, 2.75) is 25.9 Å². The Morgan fingerprint density at radius 1 is 1.18 bits per heavy atom. The molecule has 0 aliphatic carbocycles. The molecule has 1 aliphatic rings. The maximum atomic E-state index is 16.0. The third-order valence-electron chi connectivity index (χ3n) is 6.38. The van der Waals surface area contributed by atoms with Crippen LogP contribution in [0.5, 0.6) is 5.75 Å². The number of hydrogen-bond donors (Lipinski definition) is 1. The molecule has 0 bridgehead atoms. The first-order valence-electron chi connectivity index (χ1n) is 11.0. The molecule has 0 saturated carbocycles. The summed E-state index contributed by atoms with van der Waals surface area (Å²) in [7, 11) is 0. The molecule has 1 N–H and O–H groups in total. The van der Waals surface area contributed by atoms with Crippen LogP contribution in [0, 0.1) is 5.82 Å². The Hall–Kier alpha value is -2.67. The topological polar surface area (TPSA) is 39.6 Å². The van der Waals surface area contributed by atoms with E-state index >= 15 is 4.39 Å². The third-order valence-corrected chi connectivity index (χ3v) is 7.55. The summed E-state index contributed by atoms with van der Waals surface area (Å²) in [4.78, 5) is 4.71. The number of rotatable bonds is 4. The van der Waals surface area contributed by atoms with Crippen LogP contribution in [0.15, 0.2) is 55.1 Å². The maximum Gasteiger partial charge on any atom is 0.159 e. The average molecular weight is 482 g/mol. The minimum atomic E-state index is -0.457. The quantitative estimate of drug-likeness (QED) is 0.329. The van der Waals surface area contributed by atoms with Crippen LogP contribution in [0.4, 0.5) is 9.39 Å². The van der Waals surface area contributed by atoms with Gasteiger partial charge in [-0.2, -0.15) is 4.37 Å². The Kier molecular flexibility index (Phi) is 5.77. The predicted octanol–water partition coefficient (Wildman–Crippen LogP) is 6.70. The largest absolute Gasteiger partial charge is 0.508 e. The van der Waals surface area contributed by atoms with Crippen molar-refractivity contribution in [3.8, 4) is 16.9 Å². The summed E-state index contributed by atoms with van der Waals surface area (Å²) in [6, 6.07) is 13.1. The van der Waals surface area contributed by atoms with Gasteiger partial charge in [-0.25, -0.2) is 4.39 Å². The van der Waals surface area contributed by atoms with E-state index in [9.17, 15) is 5.11 Å². The molecule has 0 radical (unpaired) electrons. The van der Waals surface area contributed by atoms with Gasteiger partial charge >= 0.3 is 0 Å². The number of nitrogens with zero attached hydrogens (tertiary/aromatic N) is 3. The number of aromatic hydroxyl groups is 1. The third kappa shape index (κ3) is 3.76. The van der Waals surface area contributed by atoms with E-state index in [1.165, 1.54) is 11.5 Å². The minimum absolute atomic E-state index is 0.0678. The molecule has 170 valence electrons. The lowest BCUT2D eigenvalue weighted by Gasteiger charge is -2.45. The number of benzene rings is 3. The van der Waals surface area contributed by atoms with Crippen molar-refractivity contribution in [2.24, 2.45) is 0 Å². The Morgan fingerprint density at radius 2 is 1.91 bits per heavy atom. The van der Waals surface area contributed by atoms with E-state index in [1.54, 1.807) is 12.1 Å². The molecule has 1 fully saturated rings. The van der Waals surface area contributed by atoms with Gasteiger partial charge in [0.2, 0.25) is 0 Å². The summed E-state index contributed by atoms with van der Waals surface area (Å²) in [6.07, 6.45) is 1.93. The summed E-state index contributed by atoms with van der Waals surface area (Å²) >= 11 is 8.03. The molecule has 1 aliphatic heterocycles. The lowest BCUT2D eigenvalue weighted by atomic mass is 9.96. The number of phenolic OH excluding ortho intramolecular Hbond substituents is 1. The zero-order valence-electron chi connectivity index (χ0n) is 18.6. The van der Waals surface area contributed by atoms with E-state index in [-0.39, 0.29) is 23.4 Å². The fourth-order valence-corrected chi connectivity index (χ4v) is 6.46. The summed E-state index contributed by atoms with van der Waals surface area (Å²) in [5.41, 5.74) is 1.14. The van der Waals surface area contributed by atoms with Gasteiger partial charge < -0.3 is 10.0 Å². The summed E-state index contributed by atoms with van der Waals surface area (Å²) in [5, 5.41) is 13.9. The Morgan fingerprint density at radius 3 is 2.64 bits per heavy atom. The summed E-state index contributed by atoms with van der Waals surface area (Å²) in [6.45, 7) is 10.9. The molecule has 3 aromatic carbocycles. The molecule has 5 rings (SSSR count). The molecule has 1 saturated heterocycles. The standard InChI is InChI=1S/C26H25ClFN3OS/c1-4-9-30-13-15(2)31(16(3)14-30)26-21-12-22(27)23(24(28)25(21)29-33-26)20-11-18(32)10-17-7-5-6-8-19(17)20/h4-8,10-12,15-16,32H,1,9,13-14H2,2-3H3/t15-,16+. The molecule has 0 amide bonds. The van der Waals surface area contributed by atoms with Crippen LogP contribution in [-0.2, 0) is 0 Å². The molecule has 2 heterocycles. The van der Waals surface area contributed by atoms with Crippen LogP contribution in [0.1, 0.15) is 13.8 Å². The highest BCUT2D eigenvalue weighted by atomic mass is 35.5. The smallest absolute Gasteiger partial charge is 0.159 e. The number of halogens is 2. The first kappa shape index (κ1) is 22.1. The fourth-order valence-electron chi connectivity index (χ4n) is 5.10. The van der Waals surface area contributed by atoms with Gasteiger partial charge in [-0.05, 0) is 59.9 Å². The zero-order valence-corrected chi connectivity index (χ0v) is 20.1. The van der Waals surface area contributed by atoms with Crippen molar-refractivity contribution in [3.63, 3.8) is 0 Å². The van der Waals surface area contributed by atoms with Gasteiger partial charge in [0.15, 0.2) is 5.82 Å². The van der Waals surface area contributed by atoms with Crippen molar-refractivity contribution in [2.75, 3.05) is 24.5 Å². The van der Waals surface area contributed by atoms with Crippen molar-refractivity contribution >= 4 is 49.8 Å². The van der Waals surface area contributed by atoms with Crippen LogP contribution >= 0.6 is 23.1 Å². The second-order valence-corrected chi connectivity index (χ2v) is 9.92. The van der Waals surface area contributed by atoms with Gasteiger partial charge in [-0.1, -0.05) is 41.9 Å². The van der Waals surface area contributed by atoms with Gasteiger partial charge in [0.1, 0.15) is 16.3 Å². The fraction of sp³-hybridized carbons (Fsp3) is 0.269. The van der Waals surface area contributed by atoms with E-state index in [0.29, 0.717) is 16.1 Å². The van der Waals surface area contributed by atoms with E-state index in [1.807, 2.05) is 36.4 Å². The minimum Gasteiger partial charge on any atom is -0.508 e. The van der Waals surface area contributed by atoms with E-state index < -0.39 is 5.82 Å². The van der Waals surface area contributed by atoms with Gasteiger partial charge in [-0.15, -0.1) is 6.58 Å². The molecule has 2 atom stereocenters. The van der Waals surface area contributed by atoms with Crippen LogP contribution in [0.25, 0.3) is 32.8 Å². The highest BCUT2D eigenvalue weighted by Crippen LogP contribution is 2.44. The SMILES string of the molecule is C=CCN1C[C@@H](C)N(c2snc3c(F)c(-c4cc(O)cc5ccccc45)c(Cl)cc23)[C@@H](C)C1. The first-order chi connectivity index (χ1) is 15.9. The molecule has 0 unspecified atom stereocenters. The lowest BCUT2D eigenvalue weighted by Crippen LogP contribution is -2.56. The normalized spacial score (nSPS) is 19.5. The number of piperazine rings is 1. The molecule has 0 spiro atoms. The number of aromatic nitrogens is 1. The number of hydrogen-bond acceptors (Lipinski definition) is 5. The van der Waals surface area contributed by atoms with Crippen LogP contribution in [0.3, 0.4) is 0 Å². The summed E-state index contributed by atoms with van der Waals surface area (Å²) in [5.74, 6) is -0.389. The van der Waals surface area contributed by atoms with E-state index in [4.69, 9.17) is 11.6 Å². The Labute approximate surface area is 201 Å². The maximum absolute atomic E-state index is 16.0. The molecule has 33 heavy (non-hydrogen) atoms. The highest BCUT2D eigenvalue weighted by molar-refractivity contribution is 7.11. The van der Waals surface area contributed by atoms with Crippen LogP contribution in [0.2, 0.25) is 5.02 Å². The molecular formula is C26H25ClFN3OS. The van der Waals surface area contributed by atoms with Crippen molar-refractivity contribution in [1.82, 2.24) is 9.27 Å². The van der Waals surface area contributed by atoms with Crippen molar-refractivity contribution < 1.29 is 9.50 Å². The second-order valence-electron chi connectivity index (χ2n) is 8.76. The van der Waals surface area contributed by atoms with E-state index in [2.05, 4.69) is 34.6 Å². The summed E-state index contributed by atoms with van der Waals surface area (Å²) < 4.78 is 20.5. The van der Waals surface area contributed by atoms with Crippen LogP contribution in [-0.4, -0.2) is 46.1 Å². The molecular weight excluding hydrogens is 457 g/mol. The average Bonchev–Trinajstić information content (AvgIpc) is 3.17. The van der Waals surface area contributed by atoms with Crippen molar-refractivity contribution in [3.05, 3.63) is 66.0 Å². The first-order valence-corrected chi connectivity index (χ1v) is 12.1. The second kappa shape index (κ2) is 8.60. The Bertz CT molecular complexity index is 1360. The molecule has 7 heteroatoms. The van der Waals surface area contributed by atoms with Crippen LogP contribution < -0.4 is 4.90 Å². The predicted molar refractivity (Wildman–Crippen MR) is 137 cm³/mol. The Balaban J connectivity index is 1.64. The highest BCUT2D eigenvalue weighted by Gasteiger charge is 2.32.